The minimum atomic E-state index is -0.277. The van der Waals surface area contributed by atoms with E-state index in [1.807, 2.05) is 0 Å². The van der Waals surface area contributed by atoms with E-state index in [-0.39, 0.29) is 11.5 Å². The molecule has 2 atom stereocenters. The standard InChI is InChI=1S/C8H11ClN2O3/c1-5(9)8-10-7(11-14-8)6-4-12-2-3-13-6/h5-6H,2-4H2,1H3. The number of ether oxygens (including phenoxy) is 2. The summed E-state index contributed by atoms with van der Waals surface area (Å²) in [6, 6.07) is 0. The van der Waals surface area contributed by atoms with Gasteiger partial charge in [-0.1, -0.05) is 5.16 Å². The van der Waals surface area contributed by atoms with Gasteiger partial charge in [-0.3, -0.25) is 0 Å². The molecule has 0 aromatic carbocycles. The average Bonchev–Trinajstić information content (AvgIpc) is 2.68. The van der Waals surface area contributed by atoms with Crippen molar-refractivity contribution in [2.24, 2.45) is 0 Å². The van der Waals surface area contributed by atoms with Crippen LogP contribution >= 0.6 is 11.6 Å². The van der Waals surface area contributed by atoms with Gasteiger partial charge in [0.15, 0.2) is 0 Å². The summed E-state index contributed by atoms with van der Waals surface area (Å²) in [5.74, 6) is 0.919. The Morgan fingerprint density at radius 3 is 2.93 bits per heavy atom. The molecule has 0 spiro atoms. The fraction of sp³-hybridized carbons (Fsp3) is 0.750. The highest BCUT2D eigenvalue weighted by Crippen LogP contribution is 2.22. The van der Waals surface area contributed by atoms with E-state index in [0.717, 1.165) is 0 Å². The lowest BCUT2D eigenvalue weighted by atomic mass is 10.3. The molecule has 2 rings (SSSR count). The summed E-state index contributed by atoms with van der Waals surface area (Å²) in [6.07, 6.45) is -0.225. The van der Waals surface area contributed by atoms with Gasteiger partial charge < -0.3 is 14.0 Å². The van der Waals surface area contributed by atoms with Gasteiger partial charge in [0.2, 0.25) is 11.7 Å². The zero-order valence-electron chi connectivity index (χ0n) is 7.77. The minimum absolute atomic E-state index is 0.225. The lowest BCUT2D eigenvalue weighted by molar-refractivity contribution is -0.0941. The normalized spacial score (nSPS) is 24.9. The van der Waals surface area contributed by atoms with Gasteiger partial charge in [-0.15, -0.1) is 11.6 Å². The molecular weight excluding hydrogens is 208 g/mol. The second kappa shape index (κ2) is 4.25. The van der Waals surface area contributed by atoms with Gasteiger partial charge in [0.05, 0.1) is 19.8 Å². The molecule has 14 heavy (non-hydrogen) atoms. The van der Waals surface area contributed by atoms with E-state index in [1.54, 1.807) is 6.92 Å². The van der Waals surface area contributed by atoms with Crippen molar-refractivity contribution in [2.45, 2.75) is 18.4 Å². The Balaban J connectivity index is 2.07. The van der Waals surface area contributed by atoms with Crippen molar-refractivity contribution in [2.75, 3.05) is 19.8 Å². The van der Waals surface area contributed by atoms with Gasteiger partial charge in [0, 0.05) is 0 Å². The highest BCUT2D eigenvalue weighted by Gasteiger charge is 2.23. The minimum Gasteiger partial charge on any atom is -0.376 e. The Hall–Kier alpha value is -0.650. The third-order valence-electron chi connectivity index (χ3n) is 1.90. The maximum Gasteiger partial charge on any atom is 0.244 e. The summed E-state index contributed by atoms with van der Waals surface area (Å²) in [7, 11) is 0. The zero-order chi connectivity index (χ0) is 9.97. The molecule has 0 N–H and O–H groups in total. The molecule has 5 nitrogen and oxygen atoms in total. The molecule has 2 heterocycles. The smallest absolute Gasteiger partial charge is 0.244 e. The highest BCUT2D eigenvalue weighted by molar-refractivity contribution is 6.20. The van der Waals surface area contributed by atoms with Crippen LogP contribution in [0, 0.1) is 0 Å². The monoisotopic (exact) mass is 218 g/mol. The molecule has 1 aromatic rings. The largest absolute Gasteiger partial charge is 0.376 e. The lowest BCUT2D eigenvalue weighted by Gasteiger charge is -2.19. The first-order chi connectivity index (χ1) is 6.77. The van der Waals surface area contributed by atoms with Crippen molar-refractivity contribution in [1.82, 2.24) is 10.1 Å². The van der Waals surface area contributed by atoms with Gasteiger partial charge in [0.1, 0.15) is 11.5 Å². The van der Waals surface area contributed by atoms with Crippen molar-refractivity contribution in [3.05, 3.63) is 11.7 Å². The van der Waals surface area contributed by atoms with Crippen molar-refractivity contribution < 1.29 is 14.0 Å². The summed E-state index contributed by atoms with van der Waals surface area (Å²) < 4.78 is 15.6. The summed E-state index contributed by atoms with van der Waals surface area (Å²) in [5.41, 5.74) is 0. The zero-order valence-corrected chi connectivity index (χ0v) is 8.53. The van der Waals surface area contributed by atoms with E-state index in [0.29, 0.717) is 31.5 Å². The number of nitrogens with zero attached hydrogens (tertiary/aromatic N) is 2. The third-order valence-corrected chi connectivity index (χ3v) is 2.09. The van der Waals surface area contributed by atoms with Crippen LogP contribution in [0.4, 0.5) is 0 Å². The summed E-state index contributed by atoms with van der Waals surface area (Å²) in [5, 5.41) is 3.51. The molecule has 1 aliphatic heterocycles. The Kier molecular flexibility index (Phi) is 3.00. The van der Waals surface area contributed by atoms with Crippen LogP contribution in [0.2, 0.25) is 0 Å². The predicted molar refractivity (Wildman–Crippen MR) is 48.1 cm³/mol. The van der Waals surface area contributed by atoms with E-state index in [4.69, 9.17) is 25.6 Å². The summed E-state index contributed by atoms with van der Waals surface area (Å²) >= 11 is 5.79. The lowest BCUT2D eigenvalue weighted by Crippen LogP contribution is -2.22. The quantitative estimate of drug-likeness (QED) is 0.704. The first-order valence-corrected chi connectivity index (χ1v) is 4.88. The van der Waals surface area contributed by atoms with Gasteiger partial charge >= 0.3 is 0 Å². The van der Waals surface area contributed by atoms with Gasteiger partial charge in [-0.25, -0.2) is 0 Å². The van der Waals surface area contributed by atoms with Crippen LogP contribution in [0.1, 0.15) is 30.1 Å². The maximum atomic E-state index is 5.79. The molecule has 78 valence electrons. The molecule has 0 aliphatic carbocycles. The second-order valence-corrected chi connectivity index (χ2v) is 3.70. The Morgan fingerprint density at radius 1 is 1.50 bits per heavy atom. The molecule has 2 unspecified atom stereocenters. The van der Waals surface area contributed by atoms with Crippen LogP contribution in [-0.4, -0.2) is 30.0 Å². The number of aromatic nitrogens is 2. The average molecular weight is 219 g/mol. The van der Waals surface area contributed by atoms with E-state index < -0.39 is 0 Å². The topological polar surface area (TPSA) is 57.4 Å². The van der Waals surface area contributed by atoms with E-state index in [2.05, 4.69) is 10.1 Å². The molecule has 1 fully saturated rings. The van der Waals surface area contributed by atoms with E-state index in [1.165, 1.54) is 0 Å². The van der Waals surface area contributed by atoms with Crippen LogP contribution < -0.4 is 0 Å². The van der Waals surface area contributed by atoms with Gasteiger partial charge in [-0.05, 0) is 6.92 Å². The second-order valence-electron chi connectivity index (χ2n) is 3.04. The van der Waals surface area contributed by atoms with Crippen molar-refractivity contribution >= 4 is 11.6 Å². The van der Waals surface area contributed by atoms with Crippen LogP contribution in [0.25, 0.3) is 0 Å². The molecular formula is C8H11ClN2O3. The third kappa shape index (κ3) is 2.05. The summed E-state index contributed by atoms with van der Waals surface area (Å²) in [6.45, 7) is 3.42. The van der Waals surface area contributed by atoms with Crippen LogP contribution in [0.15, 0.2) is 4.52 Å². The number of rotatable bonds is 2. The SMILES string of the molecule is CC(Cl)c1nc(C2COCCO2)no1. The first-order valence-electron chi connectivity index (χ1n) is 4.44. The molecule has 6 heteroatoms. The number of halogens is 1. The van der Waals surface area contributed by atoms with Crippen molar-refractivity contribution in [3.8, 4) is 0 Å². The predicted octanol–water partition coefficient (Wildman–Crippen LogP) is 1.46. The fourth-order valence-electron chi connectivity index (χ4n) is 1.18. The number of hydrogen-bond acceptors (Lipinski definition) is 5. The Bertz CT molecular complexity index is 297. The van der Waals surface area contributed by atoms with E-state index in [9.17, 15) is 0 Å². The van der Waals surface area contributed by atoms with Gasteiger partial charge in [0.25, 0.3) is 0 Å². The molecule has 0 amide bonds. The summed E-state index contributed by atoms with van der Waals surface area (Å²) in [4.78, 5) is 4.12. The molecule has 1 saturated heterocycles. The fourth-order valence-corrected chi connectivity index (χ4v) is 1.27. The maximum absolute atomic E-state index is 5.79. The van der Waals surface area contributed by atoms with Gasteiger partial charge in [-0.2, -0.15) is 4.98 Å². The number of alkyl halides is 1. The molecule has 0 bridgehead atoms. The Morgan fingerprint density at radius 2 is 2.36 bits per heavy atom. The van der Waals surface area contributed by atoms with Crippen molar-refractivity contribution in [1.29, 1.82) is 0 Å². The molecule has 0 radical (unpaired) electrons. The van der Waals surface area contributed by atoms with Crippen molar-refractivity contribution in [3.63, 3.8) is 0 Å². The van der Waals surface area contributed by atoms with Crippen LogP contribution in [0.3, 0.4) is 0 Å². The van der Waals surface area contributed by atoms with Crippen LogP contribution in [-0.2, 0) is 9.47 Å². The molecule has 1 aliphatic rings. The first kappa shape index (κ1) is 9.89. The molecule has 1 aromatic heterocycles. The van der Waals surface area contributed by atoms with Crippen LogP contribution in [0.5, 0.6) is 0 Å². The van der Waals surface area contributed by atoms with E-state index >= 15 is 0 Å². The number of hydrogen-bond donors (Lipinski definition) is 0. The Labute approximate surface area is 86.3 Å². The highest BCUT2D eigenvalue weighted by atomic mass is 35.5. The molecule has 0 saturated carbocycles.